The Morgan fingerprint density at radius 2 is 2.06 bits per heavy atom. The van der Waals surface area contributed by atoms with Crippen LogP contribution in [0.5, 0.6) is 0 Å². The number of anilines is 3. The molecule has 9 heteroatoms. The van der Waals surface area contributed by atoms with Gasteiger partial charge in [0.15, 0.2) is 0 Å². The molecule has 2 heterocycles. The summed E-state index contributed by atoms with van der Waals surface area (Å²) in [4.78, 5) is 32.9. The number of amides is 2. The second kappa shape index (κ2) is 9.16. The van der Waals surface area contributed by atoms with Gasteiger partial charge in [0.2, 0.25) is 0 Å². The van der Waals surface area contributed by atoms with Crippen molar-refractivity contribution >= 4 is 65.3 Å². The van der Waals surface area contributed by atoms with Crippen molar-refractivity contribution in [2.75, 3.05) is 10.6 Å². The number of benzene rings is 2. The third-order valence-corrected chi connectivity index (χ3v) is 9.14. The van der Waals surface area contributed by atoms with Crippen molar-refractivity contribution in [3.63, 3.8) is 0 Å². The zero-order valence-corrected chi connectivity index (χ0v) is 21.2. The molecule has 2 aromatic carbocycles. The van der Waals surface area contributed by atoms with Gasteiger partial charge in [-0.2, -0.15) is 0 Å². The van der Waals surface area contributed by atoms with Gasteiger partial charge >= 0.3 is 205 Å². The molecule has 4 rings (SSSR count). The number of aromatic nitrogens is 2. The van der Waals surface area contributed by atoms with E-state index in [1.807, 2.05) is 37.3 Å². The molecule has 4 N–H and O–H groups in total. The Morgan fingerprint density at radius 1 is 1.27 bits per heavy atom. The number of carbonyl (C=O) groups is 2. The molecule has 2 amide bonds. The number of nitrogens with two attached hydrogens (primary N) is 1. The number of hydrogen-bond acceptors (Lipinski definition) is 5. The Hall–Kier alpha value is -2.89. The Morgan fingerprint density at radius 3 is 2.82 bits per heavy atom. The van der Waals surface area contributed by atoms with E-state index in [2.05, 4.69) is 34.4 Å². The molecule has 0 saturated heterocycles. The molecule has 0 saturated carbocycles. The monoisotopic (exact) mass is 524 g/mol. The van der Waals surface area contributed by atoms with Crippen molar-refractivity contribution in [1.29, 1.82) is 0 Å². The normalized spacial score (nSPS) is 15.1. The maximum atomic E-state index is 12.0. The first kappa shape index (κ1) is 23.3. The van der Waals surface area contributed by atoms with Gasteiger partial charge in [-0.15, -0.1) is 0 Å². The number of hydrogen-bond donors (Lipinski definition) is 3. The summed E-state index contributed by atoms with van der Waals surface area (Å²) < 4.78 is 1.57. The van der Waals surface area contributed by atoms with Crippen LogP contribution in [0.25, 0.3) is 0 Å². The fourth-order valence-electron chi connectivity index (χ4n) is 3.80. The minimum atomic E-state index is -0.687. The predicted octanol–water partition coefficient (Wildman–Crippen LogP) is 2.95. The third-order valence-electron chi connectivity index (χ3n) is 5.70. The number of nitrogens with zero attached hydrogens (tertiary/aromatic N) is 2. The van der Waals surface area contributed by atoms with Gasteiger partial charge < -0.3 is 0 Å². The zero-order chi connectivity index (χ0) is 23.8. The Kier molecular flexibility index (Phi) is 6.46. The first-order valence-electron chi connectivity index (χ1n) is 10.5. The number of rotatable bonds is 5. The first-order chi connectivity index (χ1) is 15.6. The first-order valence-corrected chi connectivity index (χ1v) is 12.7. The predicted molar refractivity (Wildman–Crippen MR) is 132 cm³/mol. The third kappa shape index (κ3) is 5.05. The molecule has 33 heavy (non-hydrogen) atoms. The second-order valence-corrected chi connectivity index (χ2v) is 11.3. The molecule has 1 aliphatic heterocycles. The van der Waals surface area contributed by atoms with Crippen molar-refractivity contribution < 1.29 is 9.59 Å². The number of halogens is 1. The molecule has 1 aromatic heterocycles. The summed E-state index contributed by atoms with van der Waals surface area (Å²) in [5.74, 6) is -0.0235. The van der Waals surface area contributed by atoms with Crippen LogP contribution in [0.3, 0.4) is 0 Å². The SMILES string of the molecule is Cc1cccc(C(N)=O)c1[As]c1nc(Nc2ccc3c(c2)C(C)(C)CCC(=O)N3)ncc1Cl. The summed E-state index contributed by atoms with van der Waals surface area (Å²) in [6.45, 7) is 6.21. The molecular formula is C24H24AsClN5O2. The van der Waals surface area contributed by atoms with Gasteiger partial charge in [0.25, 0.3) is 0 Å². The van der Waals surface area contributed by atoms with Crippen LogP contribution >= 0.6 is 11.6 Å². The average Bonchev–Trinajstić information content (AvgIpc) is 2.87. The van der Waals surface area contributed by atoms with E-state index in [9.17, 15) is 9.59 Å². The average molecular weight is 525 g/mol. The van der Waals surface area contributed by atoms with E-state index < -0.39 is 21.7 Å². The Balaban J connectivity index is 1.65. The summed E-state index contributed by atoms with van der Waals surface area (Å²) in [6.07, 6.45) is 2.82. The number of aryl methyl sites for hydroxylation is 1. The molecule has 1 aliphatic rings. The van der Waals surface area contributed by atoms with E-state index in [1.54, 1.807) is 12.3 Å². The standard InChI is InChI=1S/C24H24AsClN5O2/c1-13-5-4-6-15(22(27)33)20(13)25-21-17(26)12-28-23(31-21)29-14-7-8-18-16(11-14)24(2,3)10-9-19(32)30-18/h4-8,11-12H,9-10H2,1-3H3,(H2,27,33)(H,30,32)(H,28,29,31). The fraction of sp³-hybridized carbons (Fsp3) is 0.250. The summed E-state index contributed by atoms with van der Waals surface area (Å²) in [5, 5.41) is 6.69. The van der Waals surface area contributed by atoms with Crippen LogP contribution in [0.4, 0.5) is 17.3 Å². The van der Waals surface area contributed by atoms with Crippen LogP contribution in [0, 0.1) is 6.92 Å². The molecule has 7 nitrogen and oxygen atoms in total. The van der Waals surface area contributed by atoms with Crippen LogP contribution in [-0.4, -0.2) is 37.5 Å². The second-order valence-electron chi connectivity index (χ2n) is 8.63. The summed E-state index contributed by atoms with van der Waals surface area (Å²) >= 11 is 5.72. The van der Waals surface area contributed by atoms with Gasteiger partial charge in [0, 0.05) is 0 Å². The van der Waals surface area contributed by atoms with Crippen molar-refractivity contribution in [2.24, 2.45) is 5.73 Å². The van der Waals surface area contributed by atoms with Gasteiger partial charge in [-0.3, -0.25) is 0 Å². The van der Waals surface area contributed by atoms with Crippen molar-refractivity contribution in [3.8, 4) is 0 Å². The molecule has 0 spiro atoms. The maximum absolute atomic E-state index is 12.0. The van der Waals surface area contributed by atoms with Crippen molar-refractivity contribution in [1.82, 2.24) is 9.97 Å². The van der Waals surface area contributed by atoms with E-state index in [0.717, 1.165) is 33.3 Å². The van der Waals surface area contributed by atoms with Crippen molar-refractivity contribution in [3.05, 3.63) is 64.3 Å². The molecule has 0 unspecified atom stereocenters. The van der Waals surface area contributed by atoms with Crippen LogP contribution < -0.4 is 25.2 Å². The van der Waals surface area contributed by atoms with Gasteiger partial charge in [-0.25, -0.2) is 0 Å². The van der Waals surface area contributed by atoms with Crippen molar-refractivity contribution in [2.45, 2.75) is 39.0 Å². The van der Waals surface area contributed by atoms with Crippen LogP contribution in [0.2, 0.25) is 5.02 Å². The summed E-state index contributed by atoms with van der Waals surface area (Å²) in [5.41, 5.74) is 9.60. The fourth-order valence-corrected chi connectivity index (χ4v) is 6.37. The van der Waals surface area contributed by atoms with E-state index in [1.165, 1.54) is 0 Å². The number of primary amides is 1. The molecule has 0 fully saturated rings. The van der Waals surface area contributed by atoms with E-state index in [0.29, 0.717) is 27.4 Å². The molecule has 3 aromatic rings. The quantitative estimate of drug-likeness (QED) is 0.445. The van der Waals surface area contributed by atoms with Crippen LogP contribution in [-0.2, 0) is 10.2 Å². The molecule has 1 radical (unpaired) electrons. The molecule has 169 valence electrons. The van der Waals surface area contributed by atoms with Gasteiger partial charge in [0.05, 0.1) is 0 Å². The zero-order valence-electron chi connectivity index (χ0n) is 18.6. The molecule has 0 bridgehead atoms. The number of fused-ring (bicyclic) bond motifs is 1. The van der Waals surface area contributed by atoms with Crippen LogP contribution in [0.15, 0.2) is 42.6 Å². The van der Waals surface area contributed by atoms with Gasteiger partial charge in [-0.05, 0) is 0 Å². The van der Waals surface area contributed by atoms with Crippen LogP contribution in [0.1, 0.15) is 48.2 Å². The topological polar surface area (TPSA) is 110 Å². The number of carbonyl (C=O) groups excluding carboxylic acids is 2. The molecule has 0 aliphatic carbocycles. The van der Waals surface area contributed by atoms with Gasteiger partial charge in [-0.1, -0.05) is 0 Å². The molecular weight excluding hydrogens is 501 g/mol. The molecule has 0 atom stereocenters. The summed E-state index contributed by atoms with van der Waals surface area (Å²) in [6, 6.07) is 11.3. The minimum absolute atomic E-state index is 0.0306. The van der Waals surface area contributed by atoms with E-state index in [-0.39, 0.29) is 11.3 Å². The Labute approximate surface area is 204 Å². The Bertz CT molecular complexity index is 1260. The van der Waals surface area contributed by atoms with E-state index in [4.69, 9.17) is 17.3 Å². The summed E-state index contributed by atoms with van der Waals surface area (Å²) in [7, 11) is 0. The van der Waals surface area contributed by atoms with E-state index >= 15 is 0 Å². The van der Waals surface area contributed by atoms with Gasteiger partial charge in [0.1, 0.15) is 0 Å². The number of nitrogens with one attached hydrogen (secondary N) is 2.